The van der Waals surface area contributed by atoms with Crippen LogP contribution in [-0.4, -0.2) is 217 Å². The molecule has 20 nitrogen and oxygen atoms in total. The van der Waals surface area contributed by atoms with Crippen molar-refractivity contribution in [3.8, 4) is 0 Å². The van der Waals surface area contributed by atoms with Gasteiger partial charge in [-0.15, -0.1) is 0 Å². The van der Waals surface area contributed by atoms with Crippen molar-refractivity contribution in [2.75, 3.05) is 40.8 Å². The fourth-order valence-corrected chi connectivity index (χ4v) is 16.1. The number of likely N-dealkylation sites (N-methyl/N-ethyl adjacent to an activating group) is 1. The Balaban J connectivity index is 1.11. The van der Waals surface area contributed by atoms with Crippen LogP contribution in [0.15, 0.2) is 23.8 Å². The molecule has 0 spiro atoms. The summed E-state index contributed by atoms with van der Waals surface area (Å²) < 4.78 is 38.1. The second kappa shape index (κ2) is 24.8. The second-order valence-corrected chi connectivity index (χ2v) is 26.8. The molecule has 0 bridgehead atoms. The minimum Gasteiger partial charge on any atom is -0.459 e. The SMILES string of the molecule is CC[C@H]1OC(=O)[C@H](C)[C@@H](O[C@@H]2C[C@](C)(OC)[C@H](O)C(C)O2)[C@H](C)[C@@H](O[C@@H]2O[C@H](C)C[C@@H](N(C)C)[C@H]2O)[C@](C)(O)CCCN(CCCNC(=O)C(O)[C@@]2(O)CCC3C4CCC5=CC(=O)C=C[C@]5(C)C4[C@@H](O)C[C@@]32C)[C@H](C)[C@@H](O)[C@]1(C)O. The number of aliphatic hydroxyl groups excluding tert-OH is 5. The molecule has 1 amide bonds. The average molecular weight is 1140 g/mol. The number of nitrogens with one attached hydrogen (secondary N) is 1. The van der Waals surface area contributed by atoms with Gasteiger partial charge in [0.1, 0.15) is 35.6 Å². The molecule has 3 saturated heterocycles. The normalized spacial score (nSPS) is 48.4. The van der Waals surface area contributed by atoms with Crippen molar-refractivity contribution in [3.05, 3.63) is 23.8 Å². The summed E-state index contributed by atoms with van der Waals surface area (Å²) in [7, 11) is 5.20. The first kappa shape index (κ1) is 65.0. The van der Waals surface area contributed by atoms with Crippen LogP contribution in [0.25, 0.3) is 0 Å². The van der Waals surface area contributed by atoms with Crippen molar-refractivity contribution in [1.82, 2.24) is 15.1 Å². The highest BCUT2D eigenvalue weighted by Gasteiger charge is 2.69. The van der Waals surface area contributed by atoms with E-state index in [0.717, 1.165) is 12.0 Å². The van der Waals surface area contributed by atoms with Crippen molar-refractivity contribution in [1.29, 1.82) is 0 Å². The van der Waals surface area contributed by atoms with Gasteiger partial charge < -0.3 is 79.5 Å². The van der Waals surface area contributed by atoms with E-state index in [1.807, 2.05) is 43.8 Å². The van der Waals surface area contributed by atoms with Gasteiger partial charge >= 0.3 is 5.97 Å². The van der Waals surface area contributed by atoms with Crippen molar-refractivity contribution >= 4 is 17.7 Å². The highest BCUT2D eigenvalue weighted by atomic mass is 16.7. The quantitative estimate of drug-likeness (QED) is 0.0947. The summed E-state index contributed by atoms with van der Waals surface area (Å²) >= 11 is 0. The summed E-state index contributed by atoms with van der Waals surface area (Å²) in [5.74, 6) is -3.81. The lowest BCUT2D eigenvalue weighted by Crippen LogP contribution is -2.64. The van der Waals surface area contributed by atoms with E-state index in [0.29, 0.717) is 32.1 Å². The molecule has 0 radical (unpaired) electrons. The number of cyclic esters (lactones) is 1. The Bertz CT molecular complexity index is 2230. The number of nitrogens with zero attached hydrogens (tertiary/aromatic N) is 2. The molecule has 25 atom stereocenters. The van der Waals surface area contributed by atoms with E-state index in [1.165, 1.54) is 14.0 Å². The first-order valence-electron chi connectivity index (χ1n) is 29.8. The number of esters is 1. The van der Waals surface area contributed by atoms with E-state index >= 15 is 0 Å². The zero-order valence-electron chi connectivity index (χ0n) is 50.2. The Kier molecular flexibility index (Phi) is 20.2. The lowest BCUT2D eigenvalue weighted by molar-refractivity contribution is -0.317. The first-order chi connectivity index (χ1) is 37.2. The zero-order valence-corrected chi connectivity index (χ0v) is 50.2. The van der Waals surface area contributed by atoms with Gasteiger partial charge in [0.25, 0.3) is 5.91 Å². The standard InChI is InChI=1S/C60H101N3O17/c1-15-43-59(11,73)48(67)35(5)63(27-17-25-61-52(70)50(69)60(74)24-21-40-39-19-18-37-29-38(64)20-23-55(37,7)45(39)42(65)30-56(40,60)8)26-16-22-57(9,72)51(80-54-46(66)41(62(12)13)28-32(2)76-54)33(3)47(34(4)53(71)78-43)79-44-31-58(10,75-14)49(68)36(6)77-44/h20,23,29,32-36,39-51,54,65-69,72-74H,15-19,21-22,24-28,30-31H2,1-14H3,(H,61,70)/t32-,33+,34-,35-,36?,39?,40?,41-,42+,43-,44-,45?,46-,47+,48-,49-,50?,51-,54+,55+,56+,57-,58+,59-,60+/m1/s1. The topological polar surface area (TPSA) is 287 Å². The number of hydrogen-bond donors (Lipinski definition) is 9. The molecule has 20 heteroatoms. The number of methoxy groups -OCH3 is 1. The molecule has 0 aromatic heterocycles. The Morgan fingerprint density at radius 3 is 2.27 bits per heavy atom. The highest BCUT2D eigenvalue weighted by Crippen LogP contribution is 2.67. The molecule has 3 aliphatic heterocycles. The lowest BCUT2D eigenvalue weighted by Gasteiger charge is -2.60. The molecule has 4 aliphatic carbocycles. The Hall–Kier alpha value is -2.51. The Morgan fingerprint density at radius 2 is 1.62 bits per heavy atom. The van der Waals surface area contributed by atoms with E-state index in [1.54, 1.807) is 60.6 Å². The third-order valence-corrected chi connectivity index (χ3v) is 21.2. The van der Waals surface area contributed by atoms with Crippen LogP contribution in [0, 0.1) is 40.4 Å². The molecular weight excluding hydrogens is 1030 g/mol. The number of aliphatic hydroxyl groups is 8. The summed E-state index contributed by atoms with van der Waals surface area (Å²) in [5, 5.41) is 99.3. The van der Waals surface area contributed by atoms with Crippen LogP contribution >= 0.6 is 0 Å². The van der Waals surface area contributed by atoms with Gasteiger partial charge in [-0.3, -0.25) is 19.3 Å². The number of allylic oxidation sites excluding steroid dienone is 4. The molecule has 0 aromatic rings. The number of carbonyl (C=O) groups is 3. The average Bonchev–Trinajstić information content (AvgIpc) is 3.89. The van der Waals surface area contributed by atoms with E-state index in [9.17, 15) is 55.2 Å². The van der Waals surface area contributed by atoms with Gasteiger partial charge in [-0.05, 0) is 157 Å². The highest BCUT2D eigenvalue weighted by molar-refractivity contribution is 6.01. The van der Waals surface area contributed by atoms with Crippen molar-refractivity contribution in [3.63, 3.8) is 0 Å². The number of carbonyl (C=O) groups excluding carboxylic acids is 3. The molecule has 6 fully saturated rings. The molecule has 3 saturated carbocycles. The molecule has 0 aromatic carbocycles. The summed E-state index contributed by atoms with van der Waals surface area (Å²) in [6, 6.07) is -1.13. The minimum absolute atomic E-state index is 0.00184. The summed E-state index contributed by atoms with van der Waals surface area (Å²) in [6.45, 7) is 19.8. The third kappa shape index (κ3) is 12.3. The minimum atomic E-state index is -2.00. The summed E-state index contributed by atoms with van der Waals surface area (Å²) in [6.07, 6.45) is -4.18. The second-order valence-electron chi connectivity index (χ2n) is 26.8. The predicted octanol–water partition coefficient (Wildman–Crippen LogP) is 2.90. The number of amides is 1. The number of ether oxygens (including phenoxy) is 6. The maximum atomic E-state index is 14.7. The van der Waals surface area contributed by atoms with Gasteiger partial charge in [0.05, 0.1) is 47.6 Å². The van der Waals surface area contributed by atoms with Crippen LogP contribution in [0.5, 0.6) is 0 Å². The van der Waals surface area contributed by atoms with Gasteiger partial charge in [-0.25, -0.2) is 0 Å². The largest absolute Gasteiger partial charge is 0.459 e. The Morgan fingerprint density at radius 1 is 0.938 bits per heavy atom. The molecule has 7 rings (SSSR count). The summed E-state index contributed by atoms with van der Waals surface area (Å²) in [5.41, 5.74) is -7.11. The zero-order chi connectivity index (χ0) is 59.4. The van der Waals surface area contributed by atoms with E-state index in [2.05, 4.69) is 12.2 Å². The van der Waals surface area contributed by atoms with E-state index < -0.39 is 131 Å². The smallest absolute Gasteiger partial charge is 0.311 e. The fourth-order valence-electron chi connectivity index (χ4n) is 16.1. The molecule has 9 N–H and O–H groups in total. The first-order valence-corrected chi connectivity index (χ1v) is 29.8. The van der Waals surface area contributed by atoms with Gasteiger partial charge in [-0.1, -0.05) is 39.3 Å². The maximum Gasteiger partial charge on any atom is 0.311 e. The van der Waals surface area contributed by atoms with Crippen LogP contribution in [0.2, 0.25) is 0 Å². The molecule has 7 aliphatic rings. The summed E-state index contributed by atoms with van der Waals surface area (Å²) in [4.78, 5) is 44.8. The molecule has 458 valence electrons. The Labute approximate surface area is 474 Å². The molecule has 80 heavy (non-hydrogen) atoms. The van der Waals surface area contributed by atoms with Crippen molar-refractivity contribution in [2.24, 2.45) is 40.4 Å². The lowest BCUT2D eigenvalue weighted by atomic mass is 9.46. The van der Waals surface area contributed by atoms with Crippen LogP contribution < -0.4 is 5.32 Å². The van der Waals surface area contributed by atoms with E-state index in [-0.39, 0.29) is 87.4 Å². The van der Waals surface area contributed by atoms with Crippen LogP contribution in [-0.2, 0) is 42.8 Å². The van der Waals surface area contributed by atoms with Crippen molar-refractivity contribution < 1.29 is 83.7 Å². The van der Waals surface area contributed by atoms with Gasteiger partial charge in [0.2, 0.25) is 0 Å². The van der Waals surface area contributed by atoms with Crippen LogP contribution in [0.1, 0.15) is 147 Å². The number of fused-ring (bicyclic) bond motifs is 5. The third-order valence-electron chi connectivity index (χ3n) is 21.2. The van der Waals surface area contributed by atoms with Gasteiger partial charge in [0, 0.05) is 61.4 Å². The predicted molar refractivity (Wildman–Crippen MR) is 295 cm³/mol. The van der Waals surface area contributed by atoms with E-state index in [4.69, 9.17) is 28.4 Å². The van der Waals surface area contributed by atoms with Crippen molar-refractivity contribution in [2.45, 2.75) is 255 Å². The molecular formula is C60H101N3O17. The van der Waals surface area contributed by atoms with Gasteiger partial charge in [-0.2, -0.15) is 0 Å². The van der Waals surface area contributed by atoms with Crippen LogP contribution in [0.3, 0.4) is 0 Å². The fraction of sp³-hybridized carbons (Fsp3) is 0.883. The number of rotatable bonds is 13. The maximum absolute atomic E-state index is 14.7. The molecule has 5 unspecified atom stereocenters. The van der Waals surface area contributed by atoms with Gasteiger partial charge in [0.15, 0.2) is 24.5 Å². The number of hydrogen-bond acceptors (Lipinski definition) is 19. The number of ketones is 1. The molecule has 3 heterocycles. The van der Waals surface area contributed by atoms with Crippen LogP contribution in [0.4, 0.5) is 0 Å². The monoisotopic (exact) mass is 1140 g/mol.